The zero-order valence-corrected chi connectivity index (χ0v) is 14.2. The lowest BCUT2D eigenvalue weighted by atomic mass is 10.1. The van der Waals surface area contributed by atoms with E-state index in [1.54, 1.807) is 6.07 Å². The number of carbonyl (C=O) groups excluding carboxylic acids is 2. The lowest BCUT2D eigenvalue weighted by molar-refractivity contribution is -0.142. The number of nitrogens with one attached hydrogen (secondary N) is 1. The van der Waals surface area contributed by atoms with Crippen LogP contribution in [0, 0.1) is 0 Å². The number of hydrogen-bond acceptors (Lipinski definition) is 3. The van der Waals surface area contributed by atoms with Crippen molar-refractivity contribution in [3.63, 3.8) is 0 Å². The first-order valence-electron chi connectivity index (χ1n) is 8.06. The molecule has 3 rings (SSSR count). The van der Waals surface area contributed by atoms with E-state index in [1.807, 2.05) is 66.3 Å². The number of rotatable bonds is 5. The third kappa shape index (κ3) is 3.71. The van der Waals surface area contributed by atoms with Crippen molar-refractivity contribution in [3.05, 3.63) is 71.9 Å². The molecule has 25 heavy (non-hydrogen) atoms. The number of fused-ring (bicyclic) bond motifs is 1. The fraction of sp³-hybridized carbons (Fsp3) is 0.200. The molecule has 1 heterocycles. The highest BCUT2D eigenvalue weighted by Gasteiger charge is 2.22. The van der Waals surface area contributed by atoms with Gasteiger partial charge in [0.25, 0.3) is 5.91 Å². The summed E-state index contributed by atoms with van der Waals surface area (Å²) < 4.78 is 6.83. The summed E-state index contributed by atoms with van der Waals surface area (Å²) in [4.78, 5) is 24.6. The summed E-state index contributed by atoms with van der Waals surface area (Å²) in [6.07, 6.45) is 2.33. The lowest BCUT2D eigenvalue weighted by Gasteiger charge is -2.17. The smallest absolute Gasteiger partial charge is 0.328 e. The van der Waals surface area contributed by atoms with Crippen LogP contribution in [0.25, 0.3) is 10.9 Å². The van der Waals surface area contributed by atoms with Crippen molar-refractivity contribution in [2.24, 2.45) is 7.05 Å². The van der Waals surface area contributed by atoms with Crippen molar-refractivity contribution in [2.75, 3.05) is 7.11 Å². The molecule has 0 fully saturated rings. The highest BCUT2D eigenvalue weighted by atomic mass is 16.5. The Hall–Kier alpha value is -3.08. The molecule has 3 aromatic rings. The van der Waals surface area contributed by atoms with Crippen LogP contribution in [0.4, 0.5) is 0 Å². The number of benzene rings is 2. The van der Waals surface area contributed by atoms with Crippen LogP contribution in [-0.4, -0.2) is 29.6 Å². The van der Waals surface area contributed by atoms with Crippen molar-refractivity contribution >= 4 is 22.8 Å². The van der Waals surface area contributed by atoms with Gasteiger partial charge in [0.1, 0.15) is 6.04 Å². The van der Waals surface area contributed by atoms with Crippen LogP contribution in [0.1, 0.15) is 15.9 Å². The fourth-order valence-corrected chi connectivity index (χ4v) is 2.85. The number of aromatic nitrogens is 1. The van der Waals surface area contributed by atoms with Crippen LogP contribution in [0.3, 0.4) is 0 Å². The third-order valence-electron chi connectivity index (χ3n) is 4.22. The maximum absolute atomic E-state index is 12.6. The van der Waals surface area contributed by atoms with Gasteiger partial charge in [-0.25, -0.2) is 4.79 Å². The molecule has 0 aliphatic heterocycles. The van der Waals surface area contributed by atoms with Gasteiger partial charge in [-0.3, -0.25) is 4.79 Å². The molecular formula is C20H20N2O3. The van der Waals surface area contributed by atoms with Crippen molar-refractivity contribution in [1.82, 2.24) is 9.88 Å². The molecule has 5 heteroatoms. The second-order valence-corrected chi connectivity index (χ2v) is 5.94. The van der Waals surface area contributed by atoms with Crippen LogP contribution in [0.2, 0.25) is 0 Å². The predicted molar refractivity (Wildman–Crippen MR) is 96.3 cm³/mol. The monoisotopic (exact) mass is 336 g/mol. The third-order valence-corrected chi connectivity index (χ3v) is 4.22. The van der Waals surface area contributed by atoms with Gasteiger partial charge in [0.15, 0.2) is 0 Å². The standard InChI is InChI=1S/C20H20N2O3/c1-22-11-10-15-13-16(8-9-18(15)22)19(23)21-17(20(24)25-2)12-14-6-4-3-5-7-14/h3-11,13,17H,12H2,1-2H3,(H,21,23). The van der Waals surface area contributed by atoms with Gasteiger partial charge >= 0.3 is 5.97 Å². The molecule has 1 N–H and O–H groups in total. The highest BCUT2D eigenvalue weighted by molar-refractivity contribution is 6.00. The molecule has 0 saturated carbocycles. The zero-order valence-electron chi connectivity index (χ0n) is 14.2. The molecule has 128 valence electrons. The normalized spacial score (nSPS) is 11.9. The SMILES string of the molecule is COC(=O)C(Cc1ccccc1)NC(=O)c1ccc2c(ccn2C)c1. The molecule has 0 saturated heterocycles. The van der Waals surface area contributed by atoms with E-state index < -0.39 is 12.0 Å². The topological polar surface area (TPSA) is 60.3 Å². The number of amides is 1. The Bertz CT molecular complexity index is 900. The molecule has 5 nitrogen and oxygen atoms in total. The first kappa shape index (κ1) is 16.8. The number of carbonyl (C=O) groups is 2. The van der Waals surface area contributed by atoms with Gasteiger partial charge in [-0.05, 0) is 29.8 Å². The van der Waals surface area contributed by atoms with Gasteiger partial charge < -0.3 is 14.6 Å². The minimum Gasteiger partial charge on any atom is -0.467 e. The molecule has 0 radical (unpaired) electrons. The van der Waals surface area contributed by atoms with E-state index in [0.717, 1.165) is 16.5 Å². The van der Waals surface area contributed by atoms with Gasteiger partial charge in [-0.15, -0.1) is 0 Å². The van der Waals surface area contributed by atoms with E-state index in [1.165, 1.54) is 7.11 Å². The van der Waals surface area contributed by atoms with Crippen molar-refractivity contribution in [3.8, 4) is 0 Å². The molecule has 0 bridgehead atoms. The maximum atomic E-state index is 12.6. The Morgan fingerprint density at radius 3 is 2.60 bits per heavy atom. The van der Waals surface area contributed by atoms with E-state index in [4.69, 9.17) is 4.74 Å². The Morgan fingerprint density at radius 2 is 1.88 bits per heavy atom. The van der Waals surface area contributed by atoms with Gasteiger partial charge in [0.2, 0.25) is 0 Å². The van der Waals surface area contributed by atoms with Crippen LogP contribution in [-0.2, 0) is 23.0 Å². The molecule has 0 aliphatic rings. The minimum absolute atomic E-state index is 0.294. The fourth-order valence-electron chi connectivity index (χ4n) is 2.85. The van der Waals surface area contributed by atoms with Crippen molar-refractivity contribution in [2.45, 2.75) is 12.5 Å². The summed E-state index contributed by atoms with van der Waals surface area (Å²) in [6, 6.07) is 16.2. The van der Waals surface area contributed by atoms with Crippen LogP contribution in [0.15, 0.2) is 60.8 Å². The number of ether oxygens (including phenoxy) is 1. The second-order valence-electron chi connectivity index (χ2n) is 5.94. The van der Waals surface area contributed by atoms with E-state index in [-0.39, 0.29) is 5.91 Å². The van der Waals surface area contributed by atoms with Gasteiger partial charge in [0, 0.05) is 36.1 Å². The highest BCUT2D eigenvalue weighted by Crippen LogP contribution is 2.17. The van der Waals surface area contributed by atoms with E-state index in [2.05, 4.69) is 5.32 Å². The Kier molecular flexibility index (Phi) is 4.84. The predicted octanol–water partition coefficient (Wildman–Crippen LogP) is 2.69. The molecule has 1 amide bonds. The summed E-state index contributed by atoms with van der Waals surface area (Å²) in [6.45, 7) is 0. The summed E-state index contributed by atoms with van der Waals surface area (Å²) >= 11 is 0. The van der Waals surface area contributed by atoms with E-state index in [9.17, 15) is 9.59 Å². The Labute approximate surface area is 146 Å². The van der Waals surface area contributed by atoms with E-state index >= 15 is 0 Å². The van der Waals surface area contributed by atoms with Crippen LogP contribution in [0.5, 0.6) is 0 Å². The Balaban J connectivity index is 1.79. The average Bonchev–Trinajstić information content (AvgIpc) is 3.01. The summed E-state index contributed by atoms with van der Waals surface area (Å²) in [5.74, 6) is -0.755. The first-order chi connectivity index (χ1) is 12.1. The molecule has 1 unspecified atom stereocenters. The summed E-state index contributed by atoms with van der Waals surface area (Å²) in [5, 5.41) is 3.76. The van der Waals surface area contributed by atoms with Gasteiger partial charge in [-0.1, -0.05) is 30.3 Å². The van der Waals surface area contributed by atoms with Crippen molar-refractivity contribution < 1.29 is 14.3 Å². The lowest BCUT2D eigenvalue weighted by Crippen LogP contribution is -2.43. The van der Waals surface area contributed by atoms with Crippen molar-refractivity contribution in [1.29, 1.82) is 0 Å². The largest absolute Gasteiger partial charge is 0.467 e. The maximum Gasteiger partial charge on any atom is 0.328 e. The number of esters is 1. The number of nitrogens with zero attached hydrogens (tertiary/aromatic N) is 1. The van der Waals surface area contributed by atoms with Gasteiger partial charge in [0.05, 0.1) is 7.11 Å². The first-order valence-corrected chi connectivity index (χ1v) is 8.06. The van der Waals surface area contributed by atoms with Crippen LogP contribution < -0.4 is 5.32 Å². The van der Waals surface area contributed by atoms with Crippen LogP contribution >= 0.6 is 0 Å². The minimum atomic E-state index is -0.730. The second kappa shape index (κ2) is 7.21. The molecule has 0 aliphatic carbocycles. The summed E-state index contributed by atoms with van der Waals surface area (Å²) in [7, 11) is 3.28. The summed E-state index contributed by atoms with van der Waals surface area (Å²) in [5.41, 5.74) is 2.52. The average molecular weight is 336 g/mol. The molecule has 1 atom stereocenters. The zero-order chi connectivity index (χ0) is 17.8. The molecular weight excluding hydrogens is 316 g/mol. The Morgan fingerprint density at radius 1 is 1.12 bits per heavy atom. The molecule has 2 aromatic carbocycles. The van der Waals surface area contributed by atoms with Gasteiger partial charge in [-0.2, -0.15) is 0 Å². The number of hydrogen-bond donors (Lipinski definition) is 1. The molecule has 1 aromatic heterocycles. The molecule has 0 spiro atoms. The quantitative estimate of drug-likeness (QED) is 0.729. The number of aryl methyl sites for hydroxylation is 1. The number of methoxy groups -OCH3 is 1. The van der Waals surface area contributed by atoms with E-state index in [0.29, 0.717) is 12.0 Å².